The molecule has 0 saturated carbocycles. The molecule has 1 saturated heterocycles. The molecule has 0 aromatic carbocycles. The highest BCUT2D eigenvalue weighted by molar-refractivity contribution is 5.86. The van der Waals surface area contributed by atoms with Gasteiger partial charge in [0.15, 0.2) is 0 Å². The van der Waals surface area contributed by atoms with Gasteiger partial charge in [0.2, 0.25) is 0 Å². The van der Waals surface area contributed by atoms with E-state index in [1.165, 1.54) is 0 Å². The smallest absolute Gasteiger partial charge is 0.478 e. The van der Waals surface area contributed by atoms with Gasteiger partial charge in [0, 0.05) is 11.5 Å². The lowest BCUT2D eigenvalue weighted by Gasteiger charge is -2.14. The van der Waals surface area contributed by atoms with Gasteiger partial charge in [-0.25, -0.2) is 9.59 Å². The monoisotopic (exact) mass is 186 g/mol. The van der Waals surface area contributed by atoms with Gasteiger partial charge < -0.3 is 14.6 Å². The molecule has 0 aliphatic carbocycles. The van der Waals surface area contributed by atoms with Gasteiger partial charge in [-0.15, -0.1) is 0 Å². The number of carbonyl (C=O) groups is 2. The highest BCUT2D eigenvalue weighted by Gasteiger charge is 2.33. The predicted molar refractivity (Wildman–Crippen MR) is 42.2 cm³/mol. The van der Waals surface area contributed by atoms with Crippen molar-refractivity contribution in [3.63, 3.8) is 0 Å². The van der Waals surface area contributed by atoms with Crippen LogP contribution in [-0.2, 0) is 14.3 Å². The van der Waals surface area contributed by atoms with Gasteiger partial charge in [-0.2, -0.15) is 0 Å². The van der Waals surface area contributed by atoms with Crippen molar-refractivity contribution in [2.45, 2.75) is 13.0 Å². The summed E-state index contributed by atoms with van der Waals surface area (Å²) in [4.78, 5) is 21.0. The Bertz CT molecular complexity index is 257. The fraction of sp³-hybridized carbons (Fsp3) is 0.500. The first-order chi connectivity index (χ1) is 6.02. The summed E-state index contributed by atoms with van der Waals surface area (Å²) < 4.78 is 9.23. The number of carbonyl (C=O) groups excluding carboxylic acids is 1. The molecular weight excluding hydrogens is 176 g/mol. The Morgan fingerprint density at radius 3 is 2.77 bits per heavy atom. The molecule has 5 heteroatoms. The third-order valence-corrected chi connectivity index (χ3v) is 2.00. The molecule has 72 valence electrons. The standard InChI is InChI=1S/C8H10O5/c1-4(5(2)7(9)10)6-3-12-8(11)13-6/h4,6H,2-3H2,1H3,(H,9,10). The Kier molecular flexibility index (Phi) is 2.55. The van der Waals surface area contributed by atoms with Crippen LogP contribution in [0.15, 0.2) is 12.2 Å². The second-order valence-electron chi connectivity index (χ2n) is 2.84. The number of hydrogen-bond donors (Lipinski definition) is 1. The van der Waals surface area contributed by atoms with Crippen LogP contribution in [0.3, 0.4) is 0 Å². The fourth-order valence-electron chi connectivity index (χ4n) is 1.01. The number of aliphatic carboxylic acids is 1. The number of ether oxygens (including phenoxy) is 2. The Morgan fingerprint density at radius 2 is 2.38 bits per heavy atom. The van der Waals surface area contributed by atoms with E-state index in [0.717, 1.165) is 0 Å². The maximum Gasteiger partial charge on any atom is 0.508 e. The van der Waals surface area contributed by atoms with Gasteiger partial charge in [-0.05, 0) is 0 Å². The Hall–Kier alpha value is -1.52. The molecular formula is C8H10O5. The van der Waals surface area contributed by atoms with Crippen LogP contribution >= 0.6 is 0 Å². The van der Waals surface area contributed by atoms with Crippen molar-refractivity contribution < 1.29 is 24.2 Å². The van der Waals surface area contributed by atoms with E-state index in [9.17, 15) is 9.59 Å². The third-order valence-electron chi connectivity index (χ3n) is 2.00. The summed E-state index contributed by atoms with van der Waals surface area (Å²) in [6.07, 6.45) is -1.29. The zero-order valence-electron chi connectivity index (χ0n) is 7.15. The molecule has 2 unspecified atom stereocenters. The van der Waals surface area contributed by atoms with Crippen LogP contribution in [0.1, 0.15) is 6.92 Å². The number of carboxylic acids is 1. The maximum atomic E-state index is 10.5. The molecule has 0 aromatic heterocycles. The second-order valence-corrected chi connectivity index (χ2v) is 2.84. The maximum absolute atomic E-state index is 10.5. The van der Waals surface area contributed by atoms with Gasteiger partial charge in [-0.3, -0.25) is 0 Å². The predicted octanol–water partition coefficient (Wildman–Crippen LogP) is 0.799. The van der Waals surface area contributed by atoms with Crippen LogP contribution < -0.4 is 0 Å². The molecule has 1 aliphatic heterocycles. The zero-order chi connectivity index (χ0) is 10.0. The Balaban J connectivity index is 2.57. The lowest BCUT2D eigenvalue weighted by atomic mass is 9.97. The topological polar surface area (TPSA) is 72.8 Å². The highest BCUT2D eigenvalue weighted by atomic mass is 16.8. The molecule has 5 nitrogen and oxygen atoms in total. The first-order valence-electron chi connectivity index (χ1n) is 3.78. The molecule has 0 spiro atoms. The normalized spacial score (nSPS) is 23.2. The minimum Gasteiger partial charge on any atom is -0.478 e. The number of cyclic esters (lactones) is 2. The van der Waals surface area contributed by atoms with Gasteiger partial charge in [0.05, 0.1) is 0 Å². The number of rotatable bonds is 3. The van der Waals surface area contributed by atoms with Crippen molar-refractivity contribution in [1.82, 2.24) is 0 Å². The minimum absolute atomic E-state index is 0.0169. The van der Waals surface area contributed by atoms with Crippen LogP contribution in [-0.4, -0.2) is 29.9 Å². The third kappa shape index (κ3) is 1.99. The van der Waals surface area contributed by atoms with Crippen molar-refractivity contribution in [1.29, 1.82) is 0 Å². The van der Waals surface area contributed by atoms with Crippen molar-refractivity contribution in [2.24, 2.45) is 5.92 Å². The largest absolute Gasteiger partial charge is 0.508 e. The number of carboxylic acid groups (broad SMARTS) is 1. The van der Waals surface area contributed by atoms with Gasteiger partial charge >= 0.3 is 12.1 Å². The highest BCUT2D eigenvalue weighted by Crippen LogP contribution is 2.21. The lowest BCUT2D eigenvalue weighted by Crippen LogP contribution is -2.24. The van der Waals surface area contributed by atoms with Crippen LogP contribution in [0.2, 0.25) is 0 Å². The summed E-state index contributed by atoms with van der Waals surface area (Å²) in [5.41, 5.74) is 0.0169. The molecule has 1 aliphatic rings. The van der Waals surface area contributed by atoms with E-state index in [1.54, 1.807) is 6.92 Å². The average molecular weight is 186 g/mol. The second kappa shape index (κ2) is 3.47. The molecule has 13 heavy (non-hydrogen) atoms. The molecule has 2 atom stereocenters. The van der Waals surface area contributed by atoms with E-state index in [4.69, 9.17) is 9.84 Å². The van der Waals surface area contributed by atoms with Crippen LogP contribution in [0, 0.1) is 5.92 Å². The van der Waals surface area contributed by atoms with E-state index >= 15 is 0 Å². The Labute approximate surface area is 74.9 Å². The SMILES string of the molecule is C=C(C(=O)O)C(C)C1COC(=O)O1. The van der Waals surface area contributed by atoms with Crippen molar-refractivity contribution in [3.05, 3.63) is 12.2 Å². The van der Waals surface area contributed by atoms with E-state index in [0.29, 0.717) is 0 Å². The van der Waals surface area contributed by atoms with E-state index in [-0.39, 0.29) is 12.2 Å². The van der Waals surface area contributed by atoms with Crippen LogP contribution in [0.4, 0.5) is 4.79 Å². The lowest BCUT2D eigenvalue weighted by molar-refractivity contribution is -0.133. The molecule has 0 bridgehead atoms. The first kappa shape index (κ1) is 9.57. The van der Waals surface area contributed by atoms with Gasteiger partial charge in [0.1, 0.15) is 12.7 Å². The Morgan fingerprint density at radius 1 is 1.77 bits per heavy atom. The summed E-state index contributed by atoms with van der Waals surface area (Å²) in [6, 6.07) is 0. The molecule has 0 aromatic rings. The van der Waals surface area contributed by atoms with Gasteiger partial charge in [-0.1, -0.05) is 13.5 Å². The summed E-state index contributed by atoms with van der Waals surface area (Å²) in [7, 11) is 0. The van der Waals surface area contributed by atoms with Crippen LogP contribution in [0.5, 0.6) is 0 Å². The van der Waals surface area contributed by atoms with E-state index in [1.807, 2.05) is 0 Å². The minimum atomic E-state index is -1.09. The molecule has 1 fully saturated rings. The van der Waals surface area contributed by atoms with Crippen LogP contribution in [0.25, 0.3) is 0 Å². The van der Waals surface area contributed by atoms with E-state index < -0.39 is 24.1 Å². The number of hydrogen-bond acceptors (Lipinski definition) is 4. The van der Waals surface area contributed by atoms with Crippen molar-refractivity contribution >= 4 is 12.1 Å². The summed E-state index contributed by atoms with van der Waals surface area (Å²) >= 11 is 0. The summed E-state index contributed by atoms with van der Waals surface area (Å²) in [5, 5.41) is 8.60. The summed E-state index contributed by atoms with van der Waals surface area (Å²) in [6.45, 7) is 5.09. The molecule has 1 heterocycles. The molecule has 0 radical (unpaired) electrons. The first-order valence-corrected chi connectivity index (χ1v) is 3.78. The zero-order valence-corrected chi connectivity index (χ0v) is 7.15. The quantitative estimate of drug-likeness (QED) is 0.521. The molecule has 1 N–H and O–H groups in total. The van der Waals surface area contributed by atoms with Crippen molar-refractivity contribution in [3.8, 4) is 0 Å². The molecule has 1 rings (SSSR count). The van der Waals surface area contributed by atoms with Crippen molar-refractivity contribution in [2.75, 3.05) is 6.61 Å². The summed E-state index contributed by atoms with van der Waals surface area (Å²) in [5.74, 6) is -1.51. The fourth-order valence-corrected chi connectivity index (χ4v) is 1.01. The average Bonchev–Trinajstić information content (AvgIpc) is 2.49. The van der Waals surface area contributed by atoms with Gasteiger partial charge in [0.25, 0.3) is 0 Å². The molecule has 0 amide bonds. The van der Waals surface area contributed by atoms with E-state index in [2.05, 4.69) is 11.3 Å².